The predicted octanol–water partition coefficient (Wildman–Crippen LogP) is 2.75. The molecule has 0 aliphatic carbocycles. The van der Waals surface area contributed by atoms with E-state index in [0.717, 1.165) is 50.3 Å². The molecule has 198 valence electrons. The largest absolute Gasteiger partial charge is 0.367 e. The topological polar surface area (TPSA) is 115 Å². The Kier molecular flexibility index (Phi) is 6.64. The van der Waals surface area contributed by atoms with E-state index >= 15 is 0 Å². The van der Waals surface area contributed by atoms with Crippen LogP contribution in [0, 0.1) is 0 Å². The summed E-state index contributed by atoms with van der Waals surface area (Å²) in [6.45, 7) is 4.79. The van der Waals surface area contributed by atoms with Crippen LogP contribution < -0.4 is 20.4 Å². The first-order valence-electron chi connectivity index (χ1n) is 12.7. The molecule has 0 saturated carbocycles. The second-order valence-corrected chi connectivity index (χ2v) is 12.5. The van der Waals surface area contributed by atoms with Crippen LogP contribution in [0.15, 0.2) is 53.7 Å². The van der Waals surface area contributed by atoms with Crippen LogP contribution in [0.25, 0.3) is 0 Å². The van der Waals surface area contributed by atoms with Crippen molar-refractivity contribution in [2.24, 2.45) is 0 Å². The molecule has 5 heterocycles. The Balaban J connectivity index is 1.19. The Labute approximate surface area is 225 Å². The molecule has 1 aromatic carbocycles. The molecule has 38 heavy (non-hydrogen) atoms. The summed E-state index contributed by atoms with van der Waals surface area (Å²) < 4.78 is 27.5. The zero-order valence-electron chi connectivity index (χ0n) is 20.7. The van der Waals surface area contributed by atoms with E-state index in [1.54, 1.807) is 41.6 Å². The van der Waals surface area contributed by atoms with E-state index in [2.05, 4.69) is 20.5 Å². The van der Waals surface area contributed by atoms with Crippen molar-refractivity contribution < 1.29 is 18.0 Å². The molecule has 10 nitrogen and oxygen atoms in total. The molecule has 0 bridgehead atoms. The number of nitrogens with one attached hydrogen (secondary N) is 2. The predicted molar refractivity (Wildman–Crippen MR) is 147 cm³/mol. The second-order valence-electron chi connectivity index (χ2n) is 9.54. The summed E-state index contributed by atoms with van der Waals surface area (Å²) in [5.41, 5.74) is 2.73. The molecule has 12 heteroatoms. The van der Waals surface area contributed by atoms with Gasteiger partial charge in [0.15, 0.2) is 0 Å². The van der Waals surface area contributed by atoms with E-state index in [4.69, 9.17) is 0 Å². The summed E-state index contributed by atoms with van der Waals surface area (Å²) in [7, 11) is -3.61. The number of carbonyl (C=O) groups excluding carboxylic acids is 2. The van der Waals surface area contributed by atoms with Gasteiger partial charge in [-0.15, -0.1) is 11.3 Å². The van der Waals surface area contributed by atoms with Gasteiger partial charge in [0.25, 0.3) is 11.8 Å². The van der Waals surface area contributed by atoms with Crippen LogP contribution in [-0.4, -0.2) is 68.8 Å². The van der Waals surface area contributed by atoms with Crippen LogP contribution in [0.4, 0.5) is 16.4 Å². The molecule has 2 fully saturated rings. The number of nitrogens with zero attached hydrogens (tertiary/aromatic N) is 4. The average molecular weight is 553 g/mol. The molecule has 0 spiro atoms. The number of rotatable bonds is 6. The van der Waals surface area contributed by atoms with E-state index in [-0.39, 0.29) is 16.7 Å². The highest BCUT2D eigenvalue weighted by Gasteiger charge is 2.33. The highest BCUT2D eigenvalue weighted by atomic mass is 32.2. The fraction of sp³-hybridized carbons (Fsp3) is 0.346. The fourth-order valence-electron chi connectivity index (χ4n) is 5.14. The lowest BCUT2D eigenvalue weighted by Crippen LogP contribution is -2.43. The quantitative estimate of drug-likeness (QED) is 0.483. The normalized spacial score (nSPS) is 18.2. The average Bonchev–Trinajstić information content (AvgIpc) is 3.70. The molecule has 2 saturated heterocycles. The van der Waals surface area contributed by atoms with E-state index in [1.807, 2.05) is 6.07 Å². The number of amides is 2. The lowest BCUT2D eigenvalue weighted by Gasteiger charge is -2.30. The standard InChI is InChI=1S/C26H28N6O4S2/c33-25(29-21-16-28-8-7-22(21)30-13-9-27-10-14-30)23-5-6-24(37-23)32-17-18-3-4-19(15-20(18)26(32)34)38(35,36)31-11-1-2-12-31/h3-8,15-16,27H,1-2,9-14,17H2,(H,29,33). The first-order valence-corrected chi connectivity index (χ1v) is 14.9. The molecular weight excluding hydrogens is 524 g/mol. The van der Waals surface area contributed by atoms with Gasteiger partial charge in [0.2, 0.25) is 10.0 Å². The number of anilines is 3. The van der Waals surface area contributed by atoms with Crippen molar-refractivity contribution >= 4 is 49.6 Å². The van der Waals surface area contributed by atoms with Crippen LogP contribution >= 0.6 is 11.3 Å². The molecule has 2 amide bonds. The third-order valence-corrected chi connectivity index (χ3v) is 10.2. The number of sulfonamides is 1. The Hall–Kier alpha value is -3.32. The van der Waals surface area contributed by atoms with E-state index < -0.39 is 10.0 Å². The first kappa shape index (κ1) is 25.0. The third kappa shape index (κ3) is 4.57. The lowest BCUT2D eigenvalue weighted by atomic mass is 10.1. The van der Waals surface area contributed by atoms with E-state index in [1.165, 1.54) is 21.7 Å². The molecule has 3 aliphatic heterocycles. The van der Waals surface area contributed by atoms with Crippen LogP contribution in [0.3, 0.4) is 0 Å². The van der Waals surface area contributed by atoms with Crippen molar-refractivity contribution in [1.82, 2.24) is 14.6 Å². The summed E-state index contributed by atoms with van der Waals surface area (Å²) in [6.07, 6.45) is 5.07. The van der Waals surface area contributed by atoms with Crippen molar-refractivity contribution in [2.45, 2.75) is 24.3 Å². The number of thiophene rings is 1. The molecular formula is C26H28N6O4S2. The highest BCUT2D eigenvalue weighted by molar-refractivity contribution is 7.89. The maximum absolute atomic E-state index is 13.3. The van der Waals surface area contributed by atoms with Gasteiger partial charge in [-0.3, -0.25) is 19.5 Å². The summed E-state index contributed by atoms with van der Waals surface area (Å²) in [5.74, 6) is -0.533. The zero-order chi connectivity index (χ0) is 26.3. The fourth-order valence-corrected chi connectivity index (χ4v) is 7.58. The van der Waals surface area contributed by atoms with Gasteiger partial charge in [-0.05, 0) is 48.7 Å². The van der Waals surface area contributed by atoms with Gasteiger partial charge in [0.1, 0.15) is 0 Å². The van der Waals surface area contributed by atoms with Gasteiger partial charge in [-0.1, -0.05) is 6.07 Å². The smallest absolute Gasteiger partial charge is 0.265 e. The van der Waals surface area contributed by atoms with E-state index in [9.17, 15) is 18.0 Å². The number of carbonyl (C=O) groups is 2. The highest BCUT2D eigenvalue weighted by Crippen LogP contribution is 2.35. The number of aromatic nitrogens is 1. The lowest BCUT2D eigenvalue weighted by molar-refractivity contribution is 0.0994. The minimum absolute atomic E-state index is 0.149. The molecule has 0 unspecified atom stereocenters. The second kappa shape index (κ2) is 10.1. The minimum atomic E-state index is -3.61. The Bertz CT molecular complexity index is 1490. The monoisotopic (exact) mass is 552 g/mol. The number of benzene rings is 1. The molecule has 3 aromatic rings. The Morgan fingerprint density at radius 3 is 2.61 bits per heavy atom. The van der Waals surface area contributed by atoms with Crippen LogP contribution in [0.5, 0.6) is 0 Å². The Morgan fingerprint density at radius 1 is 1.03 bits per heavy atom. The molecule has 2 N–H and O–H groups in total. The van der Waals surface area contributed by atoms with Crippen LogP contribution in [-0.2, 0) is 16.6 Å². The van der Waals surface area contributed by atoms with Gasteiger partial charge in [-0.2, -0.15) is 4.31 Å². The maximum atomic E-state index is 13.3. The van der Waals surface area contributed by atoms with E-state index in [0.29, 0.717) is 40.8 Å². The van der Waals surface area contributed by atoms with Gasteiger partial charge in [0.05, 0.1) is 38.9 Å². The number of hydrogen-bond donors (Lipinski definition) is 2. The summed E-state index contributed by atoms with van der Waals surface area (Å²) in [4.78, 5) is 35.0. The SMILES string of the molecule is O=C(Nc1cnccc1N1CCNCC1)c1ccc(N2Cc3ccc(S(=O)(=O)N4CCCC4)cc3C2=O)s1. The molecule has 2 aromatic heterocycles. The van der Waals surface area contributed by atoms with Gasteiger partial charge in [-0.25, -0.2) is 8.42 Å². The van der Waals surface area contributed by atoms with Crippen molar-refractivity contribution in [1.29, 1.82) is 0 Å². The van der Waals surface area contributed by atoms with Gasteiger partial charge in [0, 0.05) is 51.0 Å². The van der Waals surface area contributed by atoms with Crippen LogP contribution in [0.2, 0.25) is 0 Å². The summed E-state index contributed by atoms with van der Waals surface area (Å²) in [5, 5.41) is 6.94. The molecule has 0 radical (unpaired) electrons. The molecule has 0 atom stereocenters. The Morgan fingerprint density at radius 2 is 1.82 bits per heavy atom. The minimum Gasteiger partial charge on any atom is -0.367 e. The summed E-state index contributed by atoms with van der Waals surface area (Å²) >= 11 is 1.23. The third-order valence-electron chi connectivity index (χ3n) is 7.17. The maximum Gasteiger partial charge on any atom is 0.265 e. The van der Waals surface area contributed by atoms with Gasteiger partial charge >= 0.3 is 0 Å². The number of pyridine rings is 1. The molecule has 6 rings (SSSR count). The van der Waals surface area contributed by atoms with Crippen molar-refractivity contribution in [3.05, 3.63) is 64.8 Å². The van der Waals surface area contributed by atoms with Crippen molar-refractivity contribution in [3.8, 4) is 0 Å². The van der Waals surface area contributed by atoms with Crippen molar-refractivity contribution in [3.63, 3.8) is 0 Å². The number of piperazine rings is 1. The number of fused-ring (bicyclic) bond motifs is 1. The molecule has 3 aliphatic rings. The number of hydrogen-bond acceptors (Lipinski definition) is 8. The zero-order valence-corrected chi connectivity index (χ0v) is 22.4. The van der Waals surface area contributed by atoms with Crippen LogP contribution in [0.1, 0.15) is 38.4 Å². The van der Waals surface area contributed by atoms with Crippen molar-refractivity contribution in [2.75, 3.05) is 54.4 Å². The van der Waals surface area contributed by atoms with Gasteiger partial charge < -0.3 is 15.5 Å². The first-order chi connectivity index (χ1) is 18.4. The summed E-state index contributed by atoms with van der Waals surface area (Å²) in [6, 6.07) is 10.2.